The minimum atomic E-state index is -0.765. The van der Waals surface area contributed by atoms with Crippen LogP contribution in [0.5, 0.6) is 0 Å². The monoisotopic (exact) mass is 315 g/mol. The SMILES string of the molecule is CC(C)OC(C1=[C]([Ti])CC=C1)[SiH](C)C.Cl.Cl. The number of halogens is 2. The van der Waals surface area contributed by atoms with E-state index in [1.165, 1.54) is 9.45 Å². The van der Waals surface area contributed by atoms with Crippen LogP contribution < -0.4 is 0 Å². The van der Waals surface area contributed by atoms with Crippen LogP contribution in [-0.4, -0.2) is 20.6 Å². The van der Waals surface area contributed by atoms with Crippen LogP contribution in [0.4, 0.5) is 0 Å². The predicted octanol–water partition coefficient (Wildman–Crippen LogP) is 3.41. The fourth-order valence-corrected chi connectivity index (χ4v) is 4.13. The third-order valence-corrected chi connectivity index (χ3v) is 4.80. The summed E-state index contributed by atoms with van der Waals surface area (Å²) in [6.07, 6.45) is 5.96. The van der Waals surface area contributed by atoms with E-state index in [4.69, 9.17) is 4.74 Å². The fourth-order valence-electron chi connectivity index (χ4n) is 1.67. The maximum absolute atomic E-state index is 6.02. The summed E-state index contributed by atoms with van der Waals surface area (Å²) >= 11 is 2.22. The molecule has 93 valence electrons. The molecule has 0 aliphatic heterocycles. The number of hydrogen-bond acceptors (Lipinski definition) is 1. The molecule has 1 aliphatic carbocycles. The zero-order valence-electron chi connectivity index (χ0n) is 10.3. The molecule has 1 nitrogen and oxygen atoms in total. The van der Waals surface area contributed by atoms with Gasteiger partial charge in [0.25, 0.3) is 0 Å². The van der Waals surface area contributed by atoms with Gasteiger partial charge in [-0.3, -0.25) is 0 Å². The minimum Gasteiger partial charge on any atom is -0.147 e. The van der Waals surface area contributed by atoms with Gasteiger partial charge in [-0.25, -0.2) is 0 Å². The molecular weight excluding hydrogens is 295 g/mol. The van der Waals surface area contributed by atoms with Crippen LogP contribution >= 0.6 is 24.8 Å². The Balaban J connectivity index is 0. The molecule has 0 aromatic heterocycles. The van der Waals surface area contributed by atoms with E-state index in [0.29, 0.717) is 11.8 Å². The summed E-state index contributed by atoms with van der Waals surface area (Å²) in [5, 5.41) is 0. The molecule has 0 N–H and O–H groups in total. The van der Waals surface area contributed by atoms with Gasteiger partial charge in [0.15, 0.2) is 0 Å². The molecule has 0 fully saturated rings. The Kier molecular flexibility index (Phi) is 10.8. The van der Waals surface area contributed by atoms with Crippen molar-refractivity contribution >= 4 is 33.6 Å². The van der Waals surface area contributed by atoms with Crippen molar-refractivity contribution in [3.05, 3.63) is 21.6 Å². The van der Waals surface area contributed by atoms with Crippen molar-refractivity contribution < 1.29 is 25.2 Å². The first-order valence-corrected chi connectivity index (χ1v) is 9.04. The van der Waals surface area contributed by atoms with E-state index < -0.39 is 8.80 Å². The topological polar surface area (TPSA) is 9.23 Å². The Hall–Kier alpha value is 0.951. The molecule has 0 aromatic rings. The van der Waals surface area contributed by atoms with E-state index in [1.54, 1.807) is 0 Å². The van der Waals surface area contributed by atoms with Gasteiger partial charge in [-0.15, -0.1) is 24.8 Å². The maximum Gasteiger partial charge on any atom is -0.147 e. The second-order valence-corrected chi connectivity index (χ2v) is 8.43. The Morgan fingerprint density at radius 1 is 1.31 bits per heavy atom. The van der Waals surface area contributed by atoms with E-state index in [2.05, 4.69) is 59.5 Å². The van der Waals surface area contributed by atoms with Crippen molar-refractivity contribution in [3.63, 3.8) is 0 Å². The summed E-state index contributed by atoms with van der Waals surface area (Å²) in [6.45, 7) is 8.97. The smallest absolute Gasteiger partial charge is 0.147 e. The number of ether oxygens (including phenoxy) is 1. The summed E-state index contributed by atoms with van der Waals surface area (Å²) in [5.74, 6) is 0. The largest absolute Gasteiger partial charge is 0.147 e. The van der Waals surface area contributed by atoms with Gasteiger partial charge in [0.2, 0.25) is 0 Å². The van der Waals surface area contributed by atoms with Gasteiger partial charge < -0.3 is 0 Å². The van der Waals surface area contributed by atoms with Crippen LogP contribution in [0.1, 0.15) is 20.3 Å². The molecule has 0 saturated heterocycles. The summed E-state index contributed by atoms with van der Waals surface area (Å²) < 4.78 is 7.52. The Labute approximate surface area is 125 Å². The number of hydrogen-bond donors (Lipinski definition) is 0. The molecule has 1 aliphatic rings. The van der Waals surface area contributed by atoms with Crippen molar-refractivity contribution in [2.45, 2.75) is 45.2 Å². The third kappa shape index (κ3) is 5.52. The number of rotatable bonds is 4. The van der Waals surface area contributed by atoms with Crippen LogP contribution in [0.3, 0.4) is 0 Å². The number of allylic oxidation sites excluding steroid dienone is 2. The summed E-state index contributed by atoms with van der Waals surface area (Å²) in [4.78, 5) is 0. The van der Waals surface area contributed by atoms with Gasteiger partial charge in [-0.05, 0) is 0 Å². The average molecular weight is 316 g/mol. The van der Waals surface area contributed by atoms with Crippen LogP contribution in [0.25, 0.3) is 0 Å². The molecule has 0 bridgehead atoms. The van der Waals surface area contributed by atoms with Gasteiger partial charge in [0.1, 0.15) is 0 Å². The normalized spacial score (nSPS) is 16.3. The molecule has 0 saturated carbocycles. The molecule has 0 radical (unpaired) electrons. The first-order valence-electron chi connectivity index (χ1n) is 5.29. The van der Waals surface area contributed by atoms with Gasteiger partial charge in [-0.1, -0.05) is 0 Å². The van der Waals surface area contributed by atoms with Crippen molar-refractivity contribution in [3.8, 4) is 0 Å². The van der Waals surface area contributed by atoms with Gasteiger partial charge in [0, 0.05) is 0 Å². The van der Waals surface area contributed by atoms with E-state index >= 15 is 0 Å². The molecule has 1 atom stereocenters. The zero-order chi connectivity index (χ0) is 10.7. The Morgan fingerprint density at radius 3 is 2.19 bits per heavy atom. The molecule has 0 heterocycles. The second kappa shape index (κ2) is 8.96. The van der Waals surface area contributed by atoms with Crippen LogP contribution in [0.2, 0.25) is 13.1 Å². The summed E-state index contributed by atoms with van der Waals surface area (Å²) in [7, 11) is -0.765. The van der Waals surface area contributed by atoms with Crippen molar-refractivity contribution in [2.75, 3.05) is 0 Å². The van der Waals surface area contributed by atoms with Crippen molar-refractivity contribution in [2.24, 2.45) is 0 Å². The Bertz CT molecular complexity index is 265. The van der Waals surface area contributed by atoms with E-state index in [-0.39, 0.29) is 24.8 Å². The molecule has 0 spiro atoms. The Morgan fingerprint density at radius 2 is 1.88 bits per heavy atom. The molecule has 1 rings (SSSR count). The molecule has 0 aromatic carbocycles. The van der Waals surface area contributed by atoms with Gasteiger partial charge in [0.05, 0.1) is 0 Å². The molecule has 0 amide bonds. The van der Waals surface area contributed by atoms with E-state index in [9.17, 15) is 0 Å². The quantitative estimate of drug-likeness (QED) is 0.722. The van der Waals surface area contributed by atoms with E-state index in [1.807, 2.05) is 0 Å². The molecule has 1 unspecified atom stereocenters. The van der Waals surface area contributed by atoms with Crippen LogP contribution in [0, 0.1) is 0 Å². The van der Waals surface area contributed by atoms with Gasteiger partial charge >= 0.3 is 101 Å². The first-order chi connectivity index (χ1) is 6.52. The molecule has 16 heavy (non-hydrogen) atoms. The van der Waals surface area contributed by atoms with Crippen molar-refractivity contribution in [1.29, 1.82) is 0 Å². The third-order valence-electron chi connectivity index (χ3n) is 2.30. The minimum absolute atomic E-state index is 0. The van der Waals surface area contributed by atoms with Crippen LogP contribution in [0.15, 0.2) is 21.6 Å². The molecule has 5 heteroatoms. The molecular formula is C11H21Cl2OSiTi. The summed E-state index contributed by atoms with van der Waals surface area (Å²) in [6, 6.07) is 0. The zero-order valence-corrected chi connectivity index (χ0v) is 14.7. The standard InChI is InChI=1S/C11H19OSi.2ClH.Ti/c1-9(2)12-11(13(3)4)10-7-5-6-8-10;;;/h5,7,9,11,13H,6H2,1-4H3;2*1H;. The van der Waals surface area contributed by atoms with Crippen molar-refractivity contribution in [1.82, 2.24) is 0 Å². The summed E-state index contributed by atoms with van der Waals surface area (Å²) in [5.41, 5.74) is 1.87. The second-order valence-electron chi connectivity index (χ2n) is 4.39. The maximum atomic E-state index is 6.02. The fraction of sp³-hybridized carbons (Fsp3) is 0.636. The predicted molar refractivity (Wildman–Crippen MR) is 74.2 cm³/mol. The average Bonchev–Trinajstić information content (AvgIpc) is 2.46. The van der Waals surface area contributed by atoms with E-state index in [0.717, 1.165) is 6.42 Å². The first kappa shape index (κ1) is 19.3. The van der Waals surface area contributed by atoms with Crippen LogP contribution in [-0.2, 0) is 25.2 Å². The van der Waals surface area contributed by atoms with Gasteiger partial charge in [-0.2, -0.15) is 0 Å².